The number of hydrogen-bond acceptors (Lipinski definition) is 5. The number of amides is 1. The zero-order valence-electron chi connectivity index (χ0n) is 14.2. The number of halogens is 2. The molecule has 0 spiro atoms. The van der Waals surface area contributed by atoms with Gasteiger partial charge in [-0.05, 0) is 48.9 Å². The normalized spacial score (nSPS) is 11.1. The number of carbonyl (C=O) groups excluding carboxylic acids is 2. The van der Waals surface area contributed by atoms with Crippen molar-refractivity contribution in [3.05, 3.63) is 63.6 Å². The first-order valence-corrected chi connectivity index (χ1v) is 9.55. The molecule has 1 N–H and O–H groups in total. The van der Waals surface area contributed by atoms with Crippen molar-refractivity contribution in [1.82, 2.24) is 4.98 Å². The van der Waals surface area contributed by atoms with Gasteiger partial charge in [-0.15, -0.1) is 0 Å². The number of fused-ring (bicyclic) bond motifs is 1. The highest BCUT2D eigenvalue weighted by Gasteiger charge is 2.11. The van der Waals surface area contributed by atoms with Crippen LogP contribution in [0.3, 0.4) is 0 Å². The van der Waals surface area contributed by atoms with E-state index in [2.05, 4.69) is 10.3 Å². The third kappa shape index (κ3) is 4.86. The molecule has 27 heavy (non-hydrogen) atoms. The van der Waals surface area contributed by atoms with Crippen LogP contribution in [0.15, 0.2) is 42.5 Å². The molecule has 1 amide bonds. The second kappa shape index (κ2) is 8.52. The van der Waals surface area contributed by atoms with E-state index in [1.807, 2.05) is 0 Å². The van der Waals surface area contributed by atoms with Gasteiger partial charge in [0.15, 0.2) is 5.13 Å². The third-order valence-electron chi connectivity index (χ3n) is 3.51. The molecule has 0 aliphatic rings. The molecule has 1 aromatic heterocycles. The molecular weight excluding hydrogens is 407 g/mol. The fourth-order valence-corrected chi connectivity index (χ4v) is 3.65. The Balaban J connectivity index is 1.73. The lowest BCUT2D eigenvalue weighted by Gasteiger charge is -2.00. The fourth-order valence-electron chi connectivity index (χ4n) is 2.27. The van der Waals surface area contributed by atoms with Crippen molar-refractivity contribution in [3.63, 3.8) is 0 Å². The Morgan fingerprint density at radius 2 is 2.04 bits per heavy atom. The maximum Gasteiger partial charge on any atom is 0.338 e. The fraction of sp³-hybridized carbons (Fsp3) is 0.105. The van der Waals surface area contributed by atoms with Crippen LogP contribution in [0, 0.1) is 0 Å². The molecule has 0 saturated heterocycles. The molecule has 8 heteroatoms. The molecule has 5 nitrogen and oxygen atoms in total. The van der Waals surface area contributed by atoms with E-state index in [9.17, 15) is 9.59 Å². The highest BCUT2D eigenvalue weighted by Crippen LogP contribution is 2.27. The molecule has 0 fully saturated rings. The van der Waals surface area contributed by atoms with Crippen LogP contribution < -0.4 is 5.32 Å². The first-order valence-electron chi connectivity index (χ1n) is 7.98. The minimum Gasteiger partial charge on any atom is -0.462 e. The maximum absolute atomic E-state index is 12.1. The first kappa shape index (κ1) is 19.4. The number of nitrogens with zero attached hydrogens (tertiary/aromatic N) is 1. The van der Waals surface area contributed by atoms with Crippen LogP contribution >= 0.6 is 34.5 Å². The molecule has 3 rings (SSSR count). The van der Waals surface area contributed by atoms with Gasteiger partial charge in [0.2, 0.25) is 5.91 Å². The second-order valence-electron chi connectivity index (χ2n) is 5.41. The molecule has 0 saturated carbocycles. The maximum atomic E-state index is 12.1. The van der Waals surface area contributed by atoms with E-state index >= 15 is 0 Å². The molecule has 0 unspecified atom stereocenters. The first-order chi connectivity index (χ1) is 13.0. The van der Waals surface area contributed by atoms with E-state index in [1.54, 1.807) is 49.4 Å². The van der Waals surface area contributed by atoms with Gasteiger partial charge in [0, 0.05) is 16.1 Å². The molecular formula is C19H14Cl2N2O3S. The Bertz CT molecular complexity index is 1050. The smallest absolute Gasteiger partial charge is 0.338 e. The van der Waals surface area contributed by atoms with Crippen molar-refractivity contribution >= 4 is 67.8 Å². The van der Waals surface area contributed by atoms with Crippen LogP contribution in [0.25, 0.3) is 16.3 Å². The highest BCUT2D eigenvalue weighted by molar-refractivity contribution is 7.22. The molecule has 0 aliphatic heterocycles. The summed E-state index contributed by atoms with van der Waals surface area (Å²) in [4.78, 5) is 28.3. The molecule has 0 atom stereocenters. The Morgan fingerprint density at radius 1 is 1.22 bits per heavy atom. The lowest BCUT2D eigenvalue weighted by atomic mass is 10.2. The summed E-state index contributed by atoms with van der Waals surface area (Å²) in [5.74, 6) is -0.730. The number of aromatic nitrogens is 1. The van der Waals surface area contributed by atoms with Gasteiger partial charge in [0.05, 0.1) is 22.4 Å². The molecule has 0 bridgehead atoms. The van der Waals surface area contributed by atoms with Gasteiger partial charge in [-0.3, -0.25) is 10.1 Å². The monoisotopic (exact) mass is 420 g/mol. The van der Waals surface area contributed by atoms with E-state index in [4.69, 9.17) is 27.9 Å². The molecule has 0 aliphatic carbocycles. The van der Waals surface area contributed by atoms with Crippen molar-refractivity contribution in [2.24, 2.45) is 0 Å². The minimum absolute atomic E-state index is 0.310. The van der Waals surface area contributed by atoms with Crippen LogP contribution in [0.4, 0.5) is 5.13 Å². The Kier molecular flexibility index (Phi) is 6.11. The number of esters is 1. The number of anilines is 1. The molecule has 138 valence electrons. The molecule has 3 aromatic rings. The average Bonchev–Trinajstić information content (AvgIpc) is 3.02. The molecule has 0 radical (unpaired) electrons. The van der Waals surface area contributed by atoms with Gasteiger partial charge in [-0.1, -0.05) is 40.6 Å². The van der Waals surface area contributed by atoms with Crippen molar-refractivity contribution in [1.29, 1.82) is 0 Å². The van der Waals surface area contributed by atoms with Crippen molar-refractivity contribution in [2.75, 3.05) is 11.9 Å². The summed E-state index contributed by atoms with van der Waals surface area (Å²) < 4.78 is 5.76. The van der Waals surface area contributed by atoms with Crippen LogP contribution in [0.5, 0.6) is 0 Å². The SMILES string of the molecule is CCOC(=O)c1ccc2nc(NC(=O)/C=C/c3ccc(Cl)cc3Cl)sc2c1. The van der Waals surface area contributed by atoms with E-state index < -0.39 is 0 Å². The summed E-state index contributed by atoms with van der Waals surface area (Å²) in [6.45, 7) is 2.06. The number of nitrogens with one attached hydrogen (secondary N) is 1. The average molecular weight is 421 g/mol. The lowest BCUT2D eigenvalue weighted by Crippen LogP contribution is -2.07. The van der Waals surface area contributed by atoms with Crippen LogP contribution in [-0.2, 0) is 9.53 Å². The van der Waals surface area contributed by atoms with Crippen molar-refractivity contribution in [3.8, 4) is 0 Å². The predicted molar refractivity (Wildman–Crippen MR) is 110 cm³/mol. The van der Waals surface area contributed by atoms with Gasteiger partial charge in [0.25, 0.3) is 0 Å². The summed E-state index contributed by atoms with van der Waals surface area (Å²) in [6, 6.07) is 10.1. The van der Waals surface area contributed by atoms with Crippen LogP contribution in [-0.4, -0.2) is 23.5 Å². The van der Waals surface area contributed by atoms with Gasteiger partial charge in [0.1, 0.15) is 0 Å². The minimum atomic E-state index is -0.388. The van der Waals surface area contributed by atoms with Crippen molar-refractivity contribution < 1.29 is 14.3 Å². The highest BCUT2D eigenvalue weighted by atomic mass is 35.5. The summed E-state index contributed by atoms with van der Waals surface area (Å²) in [5.41, 5.74) is 1.82. The lowest BCUT2D eigenvalue weighted by molar-refractivity contribution is -0.111. The van der Waals surface area contributed by atoms with Gasteiger partial charge in [-0.25, -0.2) is 9.78 Å². The number of carbonyl (C=O) groups is 2. The second-order valence-corrected chi connectivity index (χ2v) is 7.28. The zero-order chi connectivity index (χ0) is 19.4. The van der Waals surface area contributed by atoms with E-state index in [0.29, 0.717) is 38.4 Å². The molecule has 2 aromatic carbocycles. The number of rotatable bonds is 5. The van der Waals surface area contributed by atoms with Crippen LogP contribution in [0.1, 0.15) is 22.8 Å². The Hall–Kier alpha value is -2.41. The Morgan fingerprint density at radius 3 is 2.78 bits per heavy atom. The zero-order valence-corrected chi connectivity index (χ0v) is 16.5. The van der Waals surface area contributed by atoms with Gasteiger partial charge in [-0.2, -0.15) is 0 Å². The summed E-state index contributed by atoms with van der Waals surface area (Å²) in [7, 11) is 0. The van der Waals surface area contributed by atoms with Crippen molar-refractivity contribution in [2.45, 2.75) is 6.92 Å². The quantitative estimate of drug-likeness (QED) is 0.441. The molecule has 1 heterocycles. The van der Waals surface area contributed by atoms with Gasteiger partial charge >= 0.3 is 5.97 Å². The number of benzene rings is 2. The largest absolute Gasteiger partial charge is 0.462 e. The standard InChI is InChI=1S/C19H14Cl2N2O3S/c1-2-26-18(25)12-4-7-15-16(9-12)27-19(22-15)23-17(24)8-5-11-3-6-13(20)10-14(11)21/h3-10H,2H2,1H3,(H,22,23,24)/b8-5+. The third-order valence-corrected chi connectivity index (χ3v) is 5.00. The Labute approximate surface area is 169 Å². The van der Waals surface area contributed by atoms with Crippen LogP contribution in [0.2, 0.25) is 10.0 Å². The van der Waals surface area contributed by atoms with E-state index in [-0.39, 0.29) is 11.9 Å². The summed E-state index contributed by atoms with van der Waals surface area (Å²) in [6.07, 6.45) is 2.96. The van der Waals surface area contributed by atoms with E-state index in [0.717, 1.165) is 4.70 Å². The van der Waals surface area contributed by atoms with E-state index in [1.165, 1.54) is 17.4 Å². The van der Waals surface area contributed by atoms with Gasteiger partial charge < -0.3 is 4.74 Å². The number of ether oxygens (including phenoxy) is 1. The number of hydrogen-bond donors (Lipinski definition) is 1. The predicted octanol–water partition coefficient (Wildman–Crippen LogP) is 5.43. The number of thiazole rings is 1. The summed E-state index contributed by atoms with van der Waals surface area (Å²) in [5, 5.41) is 4.12. The topological polar surface area (TPSA) is 68.3 Å². The summed E-state index contributed by atoms with van der Waals surface area (Å²) >= 11 is 13.2.